The molecule has 2 aromatic rings. The average molecular weight is 409 g/mol. The minimum atomic E-state index is 0.866. The lowest BCUT2D eigenvalue weighted by molar-refractivity contribution is 0.554. The Bertz CT molecular complexity index is 1110. The van der Waals surface area contributed by atoms with Crippen LogP contribution in [0.3, 0.4) is 0 Å². The molecule has 1 aliphatic carbocycles. The van der Waals surface area contributed by atoms with Crippen molar-refractivity contribution in [2.24, 2.45) is 0 Å². The van der Waals surface area contributed by atoms with Crippen LogP contribution in [0.2, 0.25) is 0 Å². The lowest BCUT2D eigenvalue weighted by atomic mass is 9.98. The second-order valence-electron chi connectivity index (χ2n) is 8.14. The molecule has 4 nitrogen and oxygen atoms in total. The maximum atomic E-state index is 4.12. The second kappa shape index (κ2) is 8.60. The summed E-state index contributed by atoms with van der Waals surface area (Å²) in [6, 6.07) is 17.3. The first-order valence-electron chi connectivity index (χ1n) is 11.0. The van der Waals surface area contributed by atoms with E-state index < -0.39 is 0 Å². The van der Waals surface area contributed by atoms with Crippen molar-refractivity contribution in [3.05, 3.63) is 114 Å². The smallest absolute Gasteiger partial charge is 0.0768 e. The van der Waals surface area contributed by atoms with Crippen molar-refractivity contribution < 1.29 is 0 Å². The Morgan fingerprint density at radius 2 is 1.81 bits per heavy atom. The zero-order valence-electron chi connectivity index (χ0n) is 17.7. The van der Waals surface area contributed by atoms with E-state index in [0.29, 0.717) is 0 Å². The average Bonchev–Trinajstić information content (AvgIpc) is 3.23. The van der Waals surface area contributed by atoms with Crippen LogP contribution in [0.5, 0.6) is 0 Å². The van der Waals surface area contributed by atoms with Crippen LogP contribution in [-0.2, 0) is 6.42 Å². The van der Waals surface area contributed by atoms with E-state index in [0.717, 1.165) is 47.6 Å². The predicted octanol–water partition coefficient (Wildman–Crippen LogP) is 5.89. The van der Waals surface area contributed by atoms with Crippen LogP contribution in [0, 0.1) is 0 Å². The zero-order chi connectivity index (χ0) is 21.0. The van der Waals surface area contributed by atoms with Crippen molar-refractivity contribution in [3.8, 4) is 0 Å². The van der Waals surface area contributed by atoms with Crippen LogP contribution in [0.25, 0.3) is 11.4 Å². The van der Waals surface area contributed by atoms with Gasteiger partial charge in [0.2, 0.25) is 0 Å². The predicted molar refractivity (Wildman–Crippen MR) is 129 cm³/mol. The van der Waals surface area contributed by atoms with Gasteiger partial charge in [-0.15, -0.1) is 0 Å². The molecule has 0 amide bonds. The van der Waals surface area contributed by atoms with Gasteiger partial charge in [0.05, 0.1) is 11.4 Å². The van der Waals surface area contributed by atoms with E-state index in [-0.39, 0.29) is 0 Å². The maximum absolute atomic E-state index is 4.12. The summed E-state index contributed by atoms with van der Waals surface area (Å²) in [5.41, 5.74) is 9.43. The van der Waals surface area contributed by atoms with Crippen LogP contribution in [0.1, 0.15) is 42.4 Å². The van der Waals surface area contributed by atoms with Gasteiger partial charge in [0.1, 0.15) is 0 Å². The highest BCUT2D eigenvalue weighted by Crippen LogP contribution is 2.37. The Morgan fingerprint density at radius 3 is 2.65 bits per heavy atom. The molecule has 31 heavy (non-hydrogen) atoms. The van der Waals surface area contributed by atoms with Gasteiger partial charge in [0.25, 0.3) is 0 Å². The number of nitrogens with zero attached hydrogens (tertiary/aromatic N) is 1. The quantitative estimate of drug-likeness (QED) is 0.592. The first-order valence-corrected chi connectivity index (χ1v) is 11.0. The van der Waals surface area contributed by atoms with Gasteiger partial charge in [-0.3, -0.25) is 0 Å². The minimum absolute atomic E-state index is 0.866. The van der Waals surface area contributed by atoms with Gasteiger partial charge < -0.3 is 20.9 Å². The second-order valence-corrected chi connectivity index (χ2v) is 8.14. The minimum Gasteiger partial charge on any atom is -0.365 e. The highest BCUT2D eigenvalue weighted by molar-refractivity contribution is 5.91. The summed E-state index contributed by atoms with van der Waals surface area (Å²) < 4.78 is 0. The first kappa shape index (κ1) is 19.3. The maximum Gasteiger partial charge on any atom is 0.0768 e. The van der Waals surface area contributed by atoms with Crippen LogP contribution in [0.15, 0.2) is 97.4 Å². The molecular formula is C27H28N4. The molecule has 0 saturated heterocycles. The summed E-state index contributed by atoms with van der Waals surface area (Å²) in [4.78, 5) is 2.35. The monoisotopic (exact) mass is 408 g/mol. The molecule has 4 heteroatoms. The van der Waals surface area contributed by atoms with Crippen LogP contribution in [-0.4, -0.2) is 4.90 Å². The SMILES string of the molecule is C=C1Cc2cc(C3=C(c4ccccc4)NC=CNC=CN3C3=CCCCC3)ccc2N1. The summed E-state index contributed by atoms with van der Waals surface area (Å²) in [6.07, 6.45) is 16.0. The molecule has 0 fully saturated rings. The lowest BCUT2D eigenvalue weighted by Crippen LogP contribution is -2.21. The van der Waals surface area contributed by atoms with Gasteiger partial charge in [-0.05, 0) is 43.4 Å². The number of nitrogens with one attached hydrogen (secondary N) is 3. The molecule has 156 valence electrons. The highest BCUT2D eigenvalue weighted by Gasteiger charge is 2.23. The lowest BCUT2D eigenvalue weighted by Gasteiger charge is -2.31. The van der Waals surface area contributed by atoms with Crippen molar-refractivity contribution in [2.75, 3.05) is 5.32 Å². The largest absolute Gasteiger partial charge is 0.365 e. The molecule has 2 aliphatic heterocycles. The number of benzene rings is 2. The van der Waals surface area contributed by atoms with E-state index in [4.69, 9.17) is 0 Å². The number of fused-ring (bicyclic) bond motifs is 1. The normalized spacial score (nSPS) is 18.3. The Morgan fingerprint density at radius 1 is 0.903 bits per heavy atom. The molecule has 0 bridgehead atoms. The van der Waals surface area contributed by atoms with Gasteiger partial charge in [0.15, 0.2) is 0 Å². The Kier molecular flexibility index (Phi) is 5.36. The van der Waals surface area contributed by atoms with E-state index in [1.165, 1.54) is 29.7 Å². The molecule has 2 heterocycles. The van der Waals surface area contributed by atoms with Crippen molar-refractivity contribution >= 4 is 17.1 Å². The molecule has 2 aromatic carbocycles. The fourth-order valence-electron chi connectivity index (χ4n) is 4.47. The number of rotatable bonds is 3. The summed E-state index contributed by atoms with van der Waals surface area (Å²) >= 11 is 0. The summed E-state index contributed by atoms with van der Waals surface area (Å²) in [6.45, 7) is 4.12. The van der Waals surface area contributed by atoms with Crippen LogP contribution in [0.4, 0.5) is 5.69 Å². The Labute approximate surface area is 184 Å². The van der Waals surface area contributed by atoms with Gasteiger partial charge in [-0.2, -0.15) is 0 Å². The molecule has 0 unspecified atom stereocenters. The Hall–Kier alpha value is -3.66. The summed E-state index contributed by atoms with van der Waals surface area (Å²) in [7, 11) is 0. The van der Waals surface area contributed by atoms with Gasteiger partial charge in [-0.1, -0.05) is 49.1 Å². The molecule has 0 radical (unpaired) electrons. The Balaban J connectivity index is 1.73. The summed E-state index contributed by atoms with van der Waals surface area (Å²) in [5.74, 6) is 0. The molecular weight excluding hydrogens is 380 g/mol. The van der Waals surface area contributed by atoms with Gasteiger partial charge in [-0.25, -0.2) is 0 Å². The van der Waals surface area contributed by atoms with Crippen molar-refractivity contribution in [1.29, 1.82) is 0 Å². The third kappa shape index (κ3) is 4.02. The van der Waals surface area contributed by atoms with Gasteiger partial charge in [0, 0.05) is 59.4 Å². The van der Waals surface area contributed by atoms with Crippen molar-refractivity contribution in [3.63, 3.8) is 0 Å². The summed E-state index contributed by atoms with van der Waals surface area (Å²) in [5, 5.41) is 10.2. The van der Waals surface area contributed by atoms with Crippen molar-refractivity contribution in [1.82, 2.24) is 15.5 Å². The molecule has 3 aliphatic rings. The molecule has 3 N–H and O–H groups in total. The number of anilines is 1. The topological polar surface area (TPSA) is 39.3 Å². The number of allylic oxidation sites excluding steroid dienone is 3. The fraction of sp³-hybridized carbons (Fsp3) is 0.185. The fourth-order valence-corrected chi connectivity index (χ4v) is 4.47. The molecule has 0 spiro atoms. The van der Waals surface area contributed by atoms with Crippen molar-refractivity contribution in [2.45, 2.75) is 32.1 Å². The van der Waals surface area contributed by atoms with E-state index >= 15 is 0 Å². The van der Waals surface area contributed by atoms with Crippen LogP contribution >= 0.6 is 0 Å². The van der Waals surface area contributed by atoms with Gasteiger partial charge >= 0.3 is 0 Å². The van der Waals surface area contributed by atoms with E-state index in [9.17, 15) is 0 Å². The number of hydrogen-bond donors (Lipinski definition) is 3. The molecule has 0 saturated carbocycles. The third-order valence-electron chi connectivity index (χ3n) is 5.94. The third-order valence-corrected chi connectivity index (χ3v) is 5.94. The van der Waals surface area contributed by atoms with E-state index in [1.54, 1.807) is 0 Å². The van der Waals surface area contributed by atoms with Crippen LogP contribution < -0.4 is 16.0 Å². The molecule has 5 rings (SSSR count). The molecule has 0 aromatic heterocycles. The molecule has 0 atom stereocenters. The first-order chi connectivity index (χ1) is 15.3. The standard InChI is InChI=1S/C27H28N4/c1-20-18-23-19-22(12-13-25(23)30-20)27-26(21-8-4-2-5-9-21)29-15-14-28-16-17-31(27)24-10-6-3-7-11-24/h2,4-5,8-10,12-17,19,28-30H,1,3,6-7,11,18H2. The highest BCUT2D eigenvalue weighted by atomic mass is 15.2. The van der Waals surface area contributed by atoms with E-state index in [1.807, 2.05) is 18.6 Å². The van der Waals surface area contributed by atoms with E-state index in [2.05, 4.69) is 88.2 Å². The number of hydrogen-bond acceptors (Lipinski definition) is 4. The zero-order valence-corrected chi connectivity index (χ0v) is 17.7.